The second-order valence-electron chi connectivity index (χ2n) is 7.50. The first-order chi connectivity index (χ1) is 15.0. The summed E-state index contributed by atoms with van der Waals surface area (Å²) < 4.78 is 12.3. The predicted molar refractivity (Wildman–Crippen MR) is 124 cm³/mol. The van der Waals surface area contributed by atoms with Crippen molar-refractivity contribution in [2.75, 3.05) is 26.8 Å². The maximum absolute atomic E-state index is 13.2. The largest absolute Gasteiger partial charge is 0.497 e. The van der Waals surface area contributed by atoms with Crippen LogP contribution in [0, 0.1) is 0 Å². The van der Waals surface area contributed by atoms with Gasteiger partial charge >= 0.3 is 5.91 Å². The number of allylic oxidation sites excluding steroid dienone is 3. The molecule has 0 aromatic heterocycles. The normalized spacial score (nSPS) is 19.2. The van der Waals surface area contributed by atoms with Crippen molar-refractivity contribution < 1.29 is 23.6 Å². The third-order valence-electron chi connectivity index (χ3n) is 4.79. The Kier molecular flexibility index (Phi) is 8.26. The van der Waals surface area contributed by atoms with Crippen LogP contribution in [0.5, 0.6) is 5.75 Å². The Morgan fingerprint density at radius 3 is 2.74 bits per heavy atom. The number of fused-ring (bicyclic) bond motifs is 1. The number of carbonyl (C=O) groups is 2. The summed E-state index contributed by atoms with van der Waals surface area (Å²) in [6.45, 7) is 5.07. The van der Waals surface area contributed by atoms with Gasteiger partial charge in [0.25, 0.3) is 5.91 Å². The Balaban J connectivity index is 1.72. The molecule has 6 nitrogen and oxygen atoms in total. The highest BCUT2D eigenvalue weighted by atomic mass is 32.2. The number of ether oxygens (including phenoxy) is 2. The van der Waals surface area contributed by atoms with Crippen LogP contribution in [0.1, 0.15) is 25.8 Å². The van der Waals surface area contributed by atoms with Crippen molar-refractivity contribution in [2.45, 2.75) is 31.6 Å². The number of hydrogen-bond donors (Lipinski definition) is 1. The van der Waals surface area contributed by atoms with Gasteiger partial charge in [0.1, 0.15) is 15.9 Å². The molecule has 0 saturated carbocycles. The first-order valence-corrected chi connectivity index (χ1v) is 11.3. The van der Waals surface area contributed by atoms with Crippen LogP contribution in [-0.2, 0) is 14.3 Å². The Hall–Kier alpha value is -2.64. The van der Waals surface area contributed by atoms with E-state index in [-0.39, 0.29) is 29.7 Å². The summed E-state index contributed by atoms with van der Waals surface area (Å²) in [6.07, 6.45) is 10.6. The molecular formula is C24H29N2O4S+. The summed E-state index contributed by atoms with van der Waals surface area (Å²) in [5.74, 6) is 0.422. The SMILES string of the molecule is COc1ccc(/C=C2/SC3C=CC=CC3=[N+](CC(=O)NCCCOC(C)C)C2=O)cc1. The van der Waals surface area contributed by atoms with Gasteiger partial charge in [0.2, 0.25) is 12.3 Å². The molecule has 0 radical (unpaired) electrons. The Bertz CT molecular complexity index is 929. The molecule has 1 aromatic rings. The van der Waals surface area contributed by atoms with Gasteiger partial charge in [-0.3, -0.25) is 4.79 Å². The molecule has 0 fully saturated rings. The van der Waals surface area contributed by atoms with Gasteiger partial charge in [0, 0.05) is 19.2 Å². The number of thioether (sulfide) groups is 1. The minimum absolute atomic E-state index is 0.000518. The lowest BCUT2D eigenvalue weighted by Gasteiger charge is -2.20. The zero-order valence-electron chi connectivity index (χ0n) is 18.2. The number of rotatable bonds is 9. The molecular weight excluding hydrogens is 412 g/mol. The molecule has 1 aliphatic carbocycles. The number of hydrogen-bond acceptors (Lipinski definition) is 5. The number of amides is 2. The van der Waals surface area contributed by atoms with Crippen molar-refractivity contribution in [1.82, 2.24) is 5.32 Å². The third-order valence-corrected chi connectivity index (χ3v) is 5.99. The average molecular weight is 442 g/mol. The molecule has 3 rings (SSSR count). The van der Waals surface area contributed by atoms with E-state index >= 15 is 0 Å². The minimum atomic E-state index is -0.178. The molecule has 2 aliphatic rings. The maximum Gasteiger partial charge on any atom is 0.426 e. The van der Waals surface area contributed by atoms with Gasteiger partial charge in [0.05, 0.1) is 13.2 Å². The molecule has 7 heteroatoms. The highest BCUT2D eigenvalue weighted by Gasteiger charge is 2.39. The minimum Gasteiger partial charge on any atom is -0.497 e. The fourth-order valence-electron chi connectivity index (χ4n) is 3.22. The number of methoxy groups -OCH3 is 1. The van der Waals surface area contributed by atoms with Crippen LogP contribution in [-0.4, -0.2) is 60.3 Å². The number of nitrogens with zero attached hydrogens (tertiary/aromatic N) is 1. The van der Waals surface area contributed by atoms with E-state index in [9.17, 15) is 9.59 Å². The second kappa shape index (κ2) is 11.1. The third kappa shape index (κ3) is 6.42. The van der Waals surface area contributed by atoms with Crippen molar-refractivity contribution in [3.05, 3.63) is 59.0 Å². The average Bonchev–Trinajstić information content (AvgIpc) is 2.76. The zero-order chi connectivity index (χ0) is 22.2. The lowest BCUT2D eigenvalue weighted by atomic mass is 10.1. The monoisotopic (exact) mass is 441 g/mol. The molecule has 2 amide bonds. The molecule has 1 unspecified atom stereocenters. The molecule has 0 saturated heterocycles. The molecule has 31 heavy (non-hydrogen) atoms. The molecule has 1 atom stereocenters. The fourth-order valence-corrected chi connectivity index (χ4v) is 4.41. The molecule has 0 bridgehead atoms. The van der Waals surface area contributed by atoms with Gasteiger partial charge in [-0.1, -0.05) is 42.1 Å². The van der Waals surface area contributed by atoms with Crippen LogP contribution >= 0.6 is 11.8 Å². The van der Waals surface area contributed by atoms with Gasteiger partial charge in [-0.25, -0.2) is 4.79 Å². The molecule has 1 N–H and O–H groups in total. The van der Waals surface area contributed by atoms with E-state index < -0.39 is 0 Å². The van der Waals surface area contributed by atoms with E-state index in [1.165, 1.54) is 11.8 Å². The van der Waals surface area contributed by atoms with Crippen molar-refractivity contribution in [3.63, 3.8) is 0 Å². The van der Waals surface area contributed by atoms with Crippen LogP contribution in [0.15, 0.2) is 53.5 Å². The fraction of sp³-hybridized carbons (Fsp3) is 0.375. The topological polar surface area (TPSA) is 67.6 Å². The zero-order valence-corrected chi connectivity index (χ0v) is 19.0. The van der Waals surface area contributed by atoms with Crippen molar-refractivity contribution in [3.8, 4) is 5.75 Å². The summed E-state index contributed by atoms with van der Waals surface area (Å²) in [5, 5.41) is 2.89. The van der Waals surface area contributed by atoms with Crippen LogP contribution in [0.3, 0.4) is 0 Å². The van der Waals surface area contributed by atoms with E-state index in [0.29, 0.717) is 18.1 Å². The molecule has 1 aromatic carbocycles. The van der Waals surface area contributed by atoms with Gasteiger partial charge in [-0.05, 0) is 44.0 Å². The van der Waals surface area contributed by atoms with Gasteiger partial charge in [-0.15, -0.1) is 4.58 Å². The lowest BCUT2D eigenvalue weighted by molar-refractivity contribution is -0.434. The van der Waals surface area contributed by atoms with Crippen LogP contribution in [0.2, 0.25) is 0 Å². The summed E-state index contributed by atoms with van der Waals surface area (Å²) in [4.78, 5) is 26.4. The Morgan fingerprint density at radius 1 is 1.26 bits per heavy atom. The van der Waals surface area contributed by atoms with Gasteiger partial charge in [-0.2, -0.15) is 0 Å². The van der Waals surface area contributed by atoms with Crippen LogP contribution in [0.25, 0.3) is 6.08 Å². The smallest absolute Gasteiger partial charge is 0.426 e. The van der Waals surface area contributed by atoms with Crippen molar-refractivity contribution in [2.24, 2.45) is 0 Å². The van der Waals surface area contributed by atoms with Crippen LogP contribution in [0.4, 0.5) is 0 Å². The predicted octanol–water partition coefficient (Wildman–Crippen LogP) is 3.19. The lowest BCUT2D eigenvalue weighted by Crippen LogP contribution is -2.43. The summed E-state index contributed by atoms with van der Waals surface area (Å²) in [5.41, 5.74) is 1.74. The summed E-state index contributed by atoms with van der Waals surface area (Å²) in [6, 6.07) is 7.54. The first kappa shape index (κ1) is 23.0. The number of benzene rings is 1. The standard InChI is InChI=1S/C24H28N2O4S/c1-17(2)30-14-6-13-25-23(27)16-26-20-7-4-5-8-21(20)31-22(24(26)28)15-18-9-11-19(29-3)12-10-18/h4-5,7-12,15,17,21H,6,13-14,16H2,1-3H3/p+1/b22-15+. The number of nitrogens with one attached hydrogen (secondary N) is 1. The highest BCUT2D eigenvalue weighted by Crippen LogP contribution is 2.33. The quantitative estimate of drug-likeness (QED) is 0.362. The first-order valence-electron chi connectivity index (χ1n) is 10.4. The Morgan fingerprint density at radius 2 is 2.03 bits per heavy atom. The molecule has 164 valence electrons. The van der Waals surface area contributed by atoms with Crippen molar-refractivity contribution in [1.29, 1.82) is 0 Å². The Labute approximate surface area is 187 Å². The highest BCUT2D eigenvalue weighted by molar-refractivity contribution is 8.05. The van der Waals surface area contributed by atoms with Gasteiger partial charge < -0.3 is 14.8 Å². The molecule has 1 aliphatic heterocycles. The maximum atomic E-state index is 13.2. The van der Waals surface area contributed by atoms with E-state index in [2.05, 4.69) is 5.32 Å². The molecule has 0 spiro atoms. The second-order valence-corrected chi connectivity index (χ2v) is 8.69. The van der Waals surface area contributed by atoms with Crippen molar-refractivity contribution >= 4 is 35.4 Å². The molecule has 1 heterocycles. The van der Waals surface area contributed by atoms with E-state index in [1.807, 2.05) is 68.5 Å². The summed E-state index contributed by atoms with van der Waals surface area (Å²) in [7, 11) is 1.62. The van der Waals surface area contributed by atoms with E-state index in [0.717, 1.165) is 23.4 Å². The van der Waals surface area contributed by atoms with E-state index in [1.54, 1.807) is 11.7 Å². The van der Waals surface area contributed by atoms with Crippen LogP contribution < -0.4 is 10.1 Å². The number of carbonyl (C=O) groups excluding carboxylic acids is 2. The summed E-state index contributed by atoms with van der Waals surface area (Å²) >= 11 is 1.50. The van der Waals surface area contributed by atoms with E-state index in [4.69, 9.17) is 9.47 Å². The van der Waals surface area contributed by atoms with Gasteiger partial charge in [0.15, 0.2) is 0 Å².